The molecule has 116 valence electrons. The average Bonchev–Trinajstić information content (AvgIpc) is 2.54. The Morgan fingerprint density at radius 3 is 2.62 bits per heavy atom. The van der Waals surface area contributed by atoms with Gasteiger partial charge in [0.25, 0.3) is 5.91 Å². The lowest BCUT2D eigenvalue weighted by molar-refractivity contribution is 0.0383. The van der Waals surface area contributed by atoms with Crippen LogP contribution in [-0.2, 0) is 11.2 Å². The van der Waals surface area contributed by atoms with Crippen LogP contribution < -0.4 is 5.32 Å². The quantitative estimate of drug-likeness (QED) is 0.836. The number of rotatable bonds is 7. The van der Waals surface area contributed by atoms with E-state index in [0.717, 1.165) is 44.8 Å². The Morgan fingerprint density at radius 2 is 1.95 bits per heavy atom. The van der Waals surface area contributed by atoms with Gasteiger partial charge in [-0.15, -0.1) is 0 Å². The number of nitrogens with zero attached hydrogens (tertiary/aromatic N) is 1. The highest BCUT2D eigenvalue weighted by Gasteiger charge is 2.10. The van der Waals surface area contributed by atoms with E-state index in [0.29, 0.717) is 6.54 Å². The van der Waals surface area contributed by atoms with Crippen molar-refractivity contribution in [2.75, 3.05) is 39.4 Å². The highest BCUT2D eigenvalue weighted by Crippen LogP contribution is 2.08. The van der Waals surface area contributed by atoms with Crippen molar-refractivity contribution in [1.29, 1.82) is 0 Å². The number of hydrogen-bond donors (Lipinski definition) is 1. The lowest BCUT2D eigenvalue weighted by Gasteiger charge is -2.26. The van der Waals surface area contributed by atoms with Crippen molar-refractivity contribution < 1.29 is 9.53 Å². The van der Waals surface area contributed by atoms with Crippen molar-refractivity contribution in [3.05, 3.63) is 35.4 Å². The van der Waals surface area contributed by atoms with E-state index in [1.54, 1.807) is 0 Å². The molecule has 0 unspecified atom stereocenters. The molecule has 1 amide bonds. The van der Waals surface area contributed by atoms with Crippen LogP contribution in [0, 0.1) is 0 Å². The second kappa shape index (κ2) is 8.80. The zero-order valence-electron chi connectivity index (χ0n) is 12.9. The van der Waals surface area contributed by atoms with E-state index in [4.69, 9.17) is 4.74 Å². The number of morpholine rings is 1. The molecule has 0 atom stereocenters. The van der Waals surface area contributed by atoms with Crippen LogP contribution in [0.2, 0.25) is 0 Å². The summed E-state index contributed by atoms with van der Waals surface area (Å²) in [4.78, 5) is 14.4. The van der Waals surface area contributed by atoms with Gasteiger partial charge in [-0.25, -0.2) is 0 Å². The molecule has 1 aromatic rings. The molecule has 0 radical (unpaired) electrons. The minimum absolute atomic E-state index is 0.0188. The average molecular weight is 290 g/mol. The van der Waals surface area contributed by atoms with Gasteiger partial charge in [0.1, 0.15) is 0 Å². The van der Waals surface area contributed by atoms with Gasteiger partial charge >= 0.3 is 0 Å². The van der Waals surface area contributed by atoms with Gasteiger partial charge in [-0.1, -0.05) is 25.5 Å². The highest BCUT2D eigenvalue weighted by atomic mass is 16.5. The first kappa shape index (κ1) is 16.0. The molecule has 1 aliphatic rings. The molecular weight excluding hydrogens is 264 g/mol. The third-order valence-corrected chi connectivity index (χ3v) is 3.85. The Bertz CT molecular complexity index is 425. The van der Waals surface area contributed by atoms with Crippen LogP contribution in [0.1, 0.15) is 35.7 Å². The molecular formula is C17H26N2O2. The third kappa shape index (κ3) is 5.48. The van der Waals surface area contributed by atoms with Gasteiger partial charge in [0.05, 0.1) is 13.2 Å². The minimum atomic E-state index is 0.0188. The molecule has 1 heterocycles. The van der Waals surface area contributed by atoms with Crippen LogP contribution in [0.15, 0.2) is 24.3 Å². The van der Waals surface area contributed by atoms with Gasteiger partial charge in [-0.2, -0.15) is 0 Å². The maximum absolute atomic E-state index is 12.1. The number of nitrogens with one attached hydrogen (secondary N) is 1. The number of ether oxygens (including phenoxy) is 1. The molecule has 0 bridgehead atoms. The number of benzene rings is 1. The fraction of sp³-hybridized carbons (Fsp3) is 0.588. The number of unbranched alkanes of at least 4 members (excludes halogenated alkanes) is 1. The molecule has 0 aromatic heterocycles. The highest BCUT2D eigenvalue weighted by molar-refractivity contribution is 5.94. The monoisotopic (exact) mass is 290 g/mol. The topological polar surface area (TPSA) is 41.6 Å². The Hall–Kier alpha value is -1.39. The number of carbonyl (C=O) groups excluding carboxylic acids is 1. The second-order valence-electron chi connectivity index (χ2n) is 5.51. The van der Waals surface area contributed by atoms with Crippen LogP contribution in [0.5, 0.6) is 0 Å². The van der Waals surface area contributed by atoms with Gasteiger partial charge < -0.3 is 10.1 Å². The fourth-order valence-electron chi connectivity index (χ4n) is 2.46. The van der Waals surface area contributed by atoms with Crippen LogP contribution in [-0.4, -0.2) is 50.2 Å². The maximum Gasteiger partial charge on any atom is 0.251 e. The zero-order chi connectivity index (χ0) is 14.9. The lowest BCUT2D eigenvalue weighted by atomic mass is 10.1. The maximum atomic E-state index is 12.1. The molecule has 4 nitrogen and oxygen atoms in total. The molecule has 1 aliphatic heterocycles. The standard InChI is InChI=1S/C17H26N2O2/c1-2-3-4-15-5-7-16(8-6-15)17(20)18-9-10-19-11-13-21-14-12-19/h5-8H,2-4,9-14H2,1H3,(H,18,20). The molecule has 2 rings (SSSR count). The number of aryl methyl sites for hydroxylation is 1. The Labute approximate surface area is 127 Å². The van der Waals surface area contributed by atoms with E-state index in [1.165, 1.54) is 18.4 Å². The molecule has 1 saturated heterocycles. The lowest BCUT2D eigenvalue weighted by Crippen LogP contribution is -2.41. The Morgan fingerprint density at radius 1 is 1.24 bits per heavy atom. The van der Waals surface area contributed by atoms with Gasteiger partial charge in [-0.05, 0) is 30.5 Å². The van der Waals surface area contributed by atoms with Crippen molar-refractivity contribution in [2.45, 2.75) is 26.2 Å². The molecule has 1 aromatic carbocycles. The summed E-state index contributed by atoms with van der Waals surface area (Å²) in [6, 6.07) is 7.98. The summed E-state index contributed by atoms with van der Waals surface area (Å²) in [6.07, 6.45) is 3.49. The molecule has 21 heavy (non-hydrogen) atoms. The van der Waals surface area contributed by atoms with E-state index in [1.807, 2.05) is 12.1 Å². The predicted octanol–water partition coefficient (Wildman–Crippen LogP) is 2.09. The summed E-state index contributed by atoms with van der Waals surface area (Å²) < 4.78 is 5.31. The number of hydrogen-bond acceptors (Lipinski definition) is 3. The molecule has 0 spiro atoms. The van der Waals surface area contributed by atoms with Crippen molar-refractivity contribution in [2.24, 2.45) is 0 Å². The van der Waals surface area contributed by atoms with Crippen LogP contribution in [0.25, 0.3) is 0 Å². The minimum Gasteiger partial charge on any atom is -0.379 e. The SMILES string of the molecule is CCCCc1ccc(C(=O)NCCN2CCOCC2)cc1. The molecule has 0 aliphatic carbocycles. The molecule has 0 saturated carbocycles. The van der Waals surface area contributed by atoms with Gasteiger partial charge in [0.15, 0.2) is 0 Å². The van der Waals surface area contributed by atoms with Crippen LogP contribution >= 0.6 is 0 Å². The van der Waals surface area contributed by atoms with Crippen molar-refractivity contribution in [3.8, 4) is 0 Å². The largest absolute Gasteiger partial charge is 0.379 e. The van der Waals surface area contributed by atoms with E-state index in [2.05, 4.69) is 29.3 Å². The summed E-state index contributed by atoms with van der Waals surface area (Å²) in [5.41, 5.74) is 2.05. The van der Waals surface area contributed by atoms with Crippen LogP contribution in [0.4, 0.5) is 0 Å². The number of carbonyl (C=O) groups is 1. The molecule has 4 heteroatoms. The van der Waals surface area contributed by atoms with Crippen molar-refractivity contribution in [3.63, 3.8) is 0 Å². The first-order valence-electron chi connectivity index (χ1n) is 7.97. The van der Waals surface area contributed by atoms with Gasteiger partial charge in [0.2, 0.25) is 0 Å². The second-order valence-corrected chi connectivity index (χ2v) is 5.51. The molecule has 1 N–H and O–H groups in total. The normalized spacial score (nSPS) is 15.9. The van der Waals surface area contributed by atoms with E-state index >= 15 is 0 Å². The third-order valence-electron chi connectivity index (χ3n) is 3.85. The van der Waals surface area contributed by atoms with Gasteiger partial charge in [0, 0.05) is 31.7 Å². The Kier molecular flexibility index (Phi) is 6.70. The fourth-order valence-corrected chi connectivity index (χ4v) is 2.46. The summed E-state index contributed by atoms with van der Waals surface area (Å²) >= 11 is 0. The summed E-state index contributed by atoms with van der Waals surface area (Å²) in [5.74, 6) is 0.0188. The van der Waals surface area contributed by atoms with Crippen molar-refractivity contribution in [1.82, 2.24) is 10.2 Å². The summed E-state index contributed by atoms with van der Waals surface area (Å²) in [5, 5.41) is 2.99. The zero-order valence-corrected chi connectivity index (χ0v) is 12.9. The first-order valence-corrected chi connectivity index (χ1v) is 7.97. The molecule has 1 fully saturated rings. The van der Waals surface area contributed by atoms with E-state index in [-0.39, 0.29) is 5.91 Å². The summed E-state index contributed by atoms with van der Waals surface area (Å²) in [7, 11) is 0. The predicted molar refractivity (Wildman–Crippen MR) is 84.6 cm³/mol. The Balaban J connectivity index is 1.72. The first-order chi connectivity index (χ1) is 10.3. The van der Waals surface area contributed by atoms with Gasteiger partial charge in [-0.3, -0.25) is 9.69 Å². The van der Waals surface area contributed by atoms with E-state index < -0.39 is 0 Å². The summed E-state index contributed by atoms with van der Waals surface area (Å²) in [6.45, 7) is 7.29. The number of amides is 1. The smallest absolute Gasteiger partial charge is 0.251 e. The van der Waals surface area contributed by atoms with Crippen molar-refractivity contribution >= 4 is 5.91 Å². The van der Waals surface area contributed by atoms with Crippen LogP contribution in [0.3, 0.4) is 0 Å². The van der Waals surface area contributed by atoms with E-state index in [9.17, 15) is 4.79 Å².